The van der Waals surface area contributed by atoms with Gasteiger partial charge in [-0.3, -0.25) is 4.90 Å². The zero-order chi connectivity index (χ0) is 15.0. The zero-order valence-corrected chi connectivity index (χ0v) is 14.0. The van der Waals surface area contributed by atoms with Crippen molar-refractivity contribution in [3.8, 4) is 0 Å². The molecule has 1 aliphatic heterocycles. The van der Waals surface area contributed by atoms with E-state index in [1.807, 2.05) is 0 Å². The molecule has 0 N–H and O–H groups in total. The maximum Gasteiger partial charge on any atom is 0.0174 e. The first-order valence-electron chi connectivity index (χ1n) is 7.73. The molecule has 20 heavy (non-hydrogen) atoms. The molecule has 1 nitrogen and oxygen atoms in total. The van der Waals surface area contributed by atoms with Gasteiger partial charge < -0.3 is 0 Å². The molecule has 110 valence electrons. The quantitative estimate of drug-likeness (QED) is 0.704. The summed E-state index contributed by atoms with van der Waals surface area (Å²) in [6.45, 7) is 15.9. The van der Waals surface area contributed by atoms with Crippen molar-refractivity contribution in [1.29, 1.82) is 0 Å². The molecule has 0 radical (unpaired) electrons. The Morgan fingerprint density at radius 3 is 1.90 bits per heavy atom. The first-order valence-corrected chi connectivity index (χ1v) is 7.73. The summed E-state index contributed by atoms with van der Waals surface area (Å²) in [6.07, 6.45) is 3.56. The molecule has 0 fully saturated rings. The highest BCUT2D eigenvalue weighted by molar-refractivity contribution is 5.67. The van der Waals surface area contributed by atoms with Gasteiger partial charge >= 0.3 is 0 Å². The summed E-state index contributed by atoms with van der Waals surface area (Å²) in [5.74, 6) is 0. The lowest BCUT2D eigenvalue weighted by Gasteiger charge is -2.37. The van der Waals surface area contributed by atoms with Crippen molar-refractivity contribution in [2.45, 2.75) is 58.9 Å². The molecular formula is C19H29N. The third-order valence-corrected chi connectivity index (χ3v) is 4.28. The van der Waals surface area contributed by atoms with E-state index < -0.39 is 0 Å². The molecule has 0 aliphatic carbocycles. The Bertz CT molecular complexity index is 480. The van der Waals surface area contributed by atoms with Gasteiger partial charge in [-0.15, -0.1) is 0 Å². The molecule has 1 heterocycles. The molecule has 1 aliphatic rings. The smallest absolute Gasteiger partial charge is 0.0174 e. The van der Waals surface area contributed by atoms with Gasteiger partial charge in [0.15, 0.2) is 0 Å². The normalized spacial score (nSPS) is 18.0. The van der Waals surface area contributed by atoms with Crippen LogP contribution in [0, 0.1) is 0 Å². The Hall–Kier alpha value is -1.08. The summed E-state index contributed by atoms with van der Waals surface area (Å²) in [6, 6.07) is 9.15. The summed E-state index contributed by atoms with van der Waals surface area (Å²) in [7, 11) is 0. The molecule has 0 saturated heterocycles. The van der Waals surface area contributed by atoms with Crippen LogP contribution in [0.1, 0.15) is 59.1 Å². The van der Waals surface area contributed by atoms with Gasteiger partial charge in [0.25, 0.3) is 0 Å². The van der Waals surface area contributed by atoms with Crippen molar-refractivity contribution in [1.82, 2.24) is 4.90 Å². The molecule has 0 aromatic heterocycles. The summed E-state index contributed by atoms with van der Waals surface area (Å²) in [5.41, 5.74) is 4.83. The van der Waals surface area contributed by atoms with Gasteiger partial charge in [-0.2, -0.15) is 0 Å². The standard InChI is InChI=1S/C19H29N/c1-18(2,3)17-9-7-15(8-10-17)16-11-13-20(14-12-16)19(4,5)6/h7-11H,12-14H2,1-6H3. The first-order chi connectivity index (χ1) is 9.18. The van der Waals surface area contributed by atoms with Crippen molar-refractivity contribution in [2.75, 3.05) is 13.1 Å². The van der Waals surface area contributed by atoms with Crippen LogP contribution in [-0.4, -0.2) is 23.5 Å². The van der Waals surface area contributed by atoms with E-state index in [9.17, 15) is 0 Å². The van der Waals surface area contributed by atoms with Crippen LogP contribution in [-0.2, 0) is 5.41 Å². The van der Waals surface area contributed by atoms with Crippen LogP contribution in [0.15, 0.2) is 30.3 Å². The summed E-state index contributed by atoms with van der Waals surface area (Å²) >= 11 is 0. The van der Waals surface area contributed by atoms with E-state index in [0.29, 0.717) is 0 Å². The Kier molecular flexibility index (Phi) is 4.11. The van der Waals surface area contributed by atoms with E-state index in [0.717, 1.165) is 19.5 Å². The van der Waals surface area contributed by atoms with E-state index in [-0.39, 0.29) is 11.0 Å². The first kappa shape index (κ1) is 15.3. The summed E-state index contributed by atoms with van der Waals surface area (Å²) in [5, 5.41) is 0. The Morgan fingerprint density at radius 2 is 1.50 bits per heavy atom. The predicted molar refractivity (Wildman–Crippen MR) is 89.1 cm³/mol. The van der Waals surface area contributed by atoms with Crippen LogP contribution in [0.25, 0.3) is 5.57 Å². The van der Waals surface area contributed by atoms with Crippen LogP contribution in [0.3, 0.4) is 0 Å². The average Bonchev–Trinajstić information content (AvgIpc) is 2.37. The second kappa shape index (κ2) is 5.37. The van der Waals surface area contributed by atoms with Crippen molar-refractivity contribution in [3.63, 3.8) is 0 Å². The number of hydrogen-bond acceptors (Lipinski definition) is 1. The number of rotatable bonds is 1. The minimum Gasteiger partial charge on any atom is -0.294 e. The Morgan fingerprint density at radius 1 is 0.900 bits per heavy atom. The van der Waals surface area contributed by atoms with Crippen LogP contribution in [0.2, 0.25) is 0 Å². The number of hydrogen-bond donors (Lipinski definition) is 0. The Balaban J connectivity index is 2.12. The van der Waals surface area contributed by atoms with Gasteiger partial charge in [-0.1, -0.05) is 51.1 Å². The highest BCUT2D eigenvalue weighted by Gasteiger charge is 2.23. The zero-order valence-electron chi connectivity index (χ0n) is 14.0. The molecule has 2 rings (SSSR count). The fourth-order valence-electron chi connectivity index (χ4n) is 2.72. The highest BCUT2D eigenvalue weighted by Crippen LogP contribution is 2.28. The topological polar surface area (TPSA) is 3.24 Å². The molecule has 0 atom stereocenters. The van der Waals surface area contributed by atoms with Crippen molar-refractivity contribution in [2.24, 2.45) is 0 Å². The van der Waals surface area contributed by atoms with Crippen molar-refractivity contribution >= 4 is 5.57 Å². The van der Waals surface area contributed by atoms with Gasteiger partial charge in [0.2, 0.25) is 0 Å². The number of benzene rings is 1. The molecule has 0 unspecified atom stereocenters. The van der Waals surface area contributed by atoms with Gasteiger partial charge in [0.05, 0.1) is 0 Å². The van der Waals surface area contributed by atoms with Gasteiger partial charge in [0.1, 0.15) is 0 Å². The SMILES string of the molecule is CC(C)(C)c1ccc(C2=CCN(C(C)(C)C)CC2)cc1. The van der Waals surface area contributed by atoms with Gasteiger partial charge in [-0.05, 0) is 49.3 Å². The van der Waals surface area contributed by atoms with Gasteiger partial charge in [-0.25, -0.2) is 0 Å². The fourth-order valence-corrected chi connectivity index (χ4v) is 2.72. The van der Waals surface area contributed by atoms with E-state index >= 15 is 0 Å². The lowest BCUT2D eigenvalue weighted by molar-refractivity contribution is 0.153. The minimum atomic E-state index is 0.239. The maximum atomic E-state index is 2.54. The van der Waals surface area contributed by atoms with Gasteiger partial charge in [0, 0.05) is 18.6 Å². The highest BCUT2D eigenvalue weighted by atomic mass is 15.2. The van der Waals surface area contributed by atoms with E-state index in [4.69, 9.17) is 0 Å². The van der Waals surface area contributed by atoms with Crippen LogP contribution in [0.4, 0.5) is 0 Å². The van der Waals surface area contributed by atoms with E-state index in [2.05, 4.69) is 76.8 Å². The maximum absolute atomic E-state index is 2.54. The summed E-state index contributed by atoms with van der Waals surface area (Å²) < 4.78 is 0. The minimum absolute atomic E-state index is 0.239. The Labute approximate surface area is 124 Å². The molecule has 1 aromatic rings. The van der Waals surface area contributed by atoms with Crippen LogP contribution in [0.5, 0.6) is 0 Å². The second-order valence-corrected chi connectivity index (χ2v) is 7.92. The monoisotopic (exact) mass is 271 g/mol. The summed E-state index contributed by atoms with van der Waals surface area (Å²) in [4.78, 5) is 2.54. The molecule has 1 heteroatoms. The molecular weight excluding hydrogens is 242 g/mol. The third kappa shape index (κ3) is 3.52. The van der Waals surface area contributed by atoms with Crippen molar-refractivity contribution < 1.29 is 0 Å². The predicted octanol–water partition coefficient (Wildman–Crippen LogP) is 4.87. The lowest BCUT2D eigenvalue weighted by Crippen LogP contribution is -2.43. The third-order valence-electron chi connectivity index (χ3n) is 4.28. The lowest BCUT2D eigenvalue weighted by atomic mass is 9.85. The molecule has 1 aromatic carbocycles. The number of nitrogens with zero attached hydrogens (tertiary/aromatic N) is 1. The average molecular weight is 271 g/mol. The van der Waals surface area contributed by atoms with E-state index in [1.54, 1.807) is 0 Å². The fraction of sp³-hybridized carbons (Fsp3) is 0.579. The van der Waals surface area contributed by atoms with Crippen LogP contribution < -0.4 is 0 Å². The molecule has 0 amide bonds. The molecule has 0 spiro atoms. The second-order valence-electron chi connectivity index (χ2n) is 7.92. The largest absolute Gasteiger partial charge is 0.294 e. The van der Waals surface area contributed by atoms with Crippen molar-refractivity contribution in [3.05, 3.63) is 41.5 Å². The van der Waals surface area contributed by atoms with Crippen LogP contribution >= 0.6 is 0 Å². The van der Waals surface area contributed by atoms with E-state index in [1.165, 1.54) is 16.7 Å². The molecule has 0 saturated carbocycles. The molecule has 0 bridgehead atoms.